The van der Waals surface area contributed by atoms with Gasteiger partial charge in [0.25, 0.3) is 0 Å². The molecule has 15 heavy (non-hydrogen) atoms. The Morgan fingerprint density at radius 2 is 1.60 bits per heavy atom. The molecule has 0 aromatic heterocycles. The van der Waals surface area contributed by atoms with E-state index in [9.17, 15) is 9.59 Å². The van der Waals surface area contributed by atoms with Crippen molar-refractivity contribution >= 4 is 11.9 Å². The molecule has 0 radical (unpaired) electrons. The van der Waals surface area contributed by atoms with Crippen molar-refractivity contribution in [3.8, 4) is 0 Å². The highest BCUT2D eigenvalue weighted by atomic mass is 16.7. The van der Waals surface area contributed by atoms with E-state index in [-0.39, 0.29) is 12.0 Å². The number of hydrogen-bond donors (Lipinski definition) is 0. The first-order valence-electron chi connectivity index (χ1n) is 4.91. The molecule has 5 heteroatoms. The van der Waals surface area contributed by atoms with Gasteiger partial charge in [0.2, 0.25) is 6.29 Å². The van der Waals surface area contributed by atoms with Crippen molar-refractivity contribution in [1.82, 2.24) is 0 Å². The van der Waals surface area contributed by atoms with Gasteiger partial charge in [-0.3, -0.25) is 9.59 Å². The molecule has 0 bridgehead atoms. The van der Waals surface area contributed by atoms with Crippen molar-refractivity contribution in [2.24, 2.45) is 5.92 Å². The van der Waals surface area contributed by atoms with Crippen LogP contribution < -0.4 is 0 Å². The third kappa shape index (κ3) is 2.92. The van der Waals surface area contributed by atoms with E-state index in [4.69, 9.17) is 14.2 Å². The van der Waals surface area contributed by atoms with Gasteiger partial charge in [0.15, 0.2) is 6.10 Å². The topological polar surface area (TPSA) is 61.8 Å². The minimum atomic E-state index is -0.781. The Kier molecular flexibility index (Phi) is 3.68. The Balaban J connectivity index is 2.68. The maximum Gasteiger partial charge on any atom is 0.305 e. The molecule has 0 N–H and O–H groups in total. The summed E-state index contributed by atoms with van der Waals surface area (Å²) in [5.74, 6) is -0.835. The molecule has 1 rings (SSSR count). The highest BCUT2D eigenvalue weighted by Crippen LogP contribution is 2.29. The van der Waals surface area contributed by atoms with Gasteiger partial charge < -0.3 is 14.2 Å². The van der Waals surface area contributed by atoms with Crippen LogP contribution in [0.1, 0.15) is 27.7 Å². The van der Waals surface area contributed by atoms with Crippen LogP contribution in [0.4, 0.5) is 0 Å². The van der Waals surface area contributed by atoms with Crippen LogP contribution in [-0.4, -0.2) is 30.4 Å². The van der Waals surface area contributed by atoms with Crippen molar-refractivity contribution in [2.45, 2.75) is 46.2 Å². The lowest BCUT2D eigenvalue weighted by Gasteiger charge is -2.19. The quantitative estimate of drug-likeness (QED) is 0.641. The predicted octanol–water partition coefficient (Wildman–Crippen LogP) is 0.862. The molecule has 4 atom stereocenters. The number of ether oxygens (including phenoxy) is 3. The monoisotopic (exact) mass is 216 g/mol. The first kappa shape index (κ1) is 12.0. The zero-order chi connectivity index (χ0) is 11.6. The maximum atomic E-state index is 10.9. The van der Waals surface area contributed by atoms with Crippen LogP contribution in [0.3, 0.4) is 0 Å². The van der Waals surface area contributed by atoms with Crippen LogP contribution in [0, 0.1) is 5.92 Å². The summed E-state index contributed by atoms with van der Waals surface area (Å²) in [4.78, 5) is 21.7. The second-order valence-electron chi connectivity index (χ2n) is 3.75. The summed E-state index contributed by atoms with van der Waals surface area (Å²) in [5.41, 5.74) is 0. The van der Waals surface area contributed by atoms with Crippen molar-refractivity contribution < 1.29 is 23.8 Å². The fourth-order valence-corrected chi connectivity index (χ4v) is 1.54. The average molecular weight is 216 g/mol. The molecule has 0 unspecified atom stereocenters. The van der Waals surface area contributed by atoms with Gasteiger partial charge in [-0.1, -0.05) is 6.92 Å². The normalized spacial score (nSPS) is 34.9. The number of hydrogen-bond acceptors (Lipinski definition) is 5. The summed E-state index contributed by atoms with van der Waals surface area (Å²) in [6, 6.07) is 0. The van der Waals surface area contributed by atoms with Crippen LogP contribution in [0.2, 0.25) is 0 Å². The lowest BCUT2D eigenvalue weighted by molar-refractivity contribution is -0.193. The van der Waals surface area contributed by atoms with Crippen molar-refractivity contribution in [3.63, 3.8) is 0 Å². The third-order valence-electron chi connectivity index (χ3n) is 2.46. The largest absolute Gasteiger partial charge is 0.455 e. The van der Waals surface area contributed by atoms with Gasteiger partial charge in [-0.2, -0.15) is 0 Å². The zero-order valence-corrected chi connectivity index (χ0v) is 9.35. The van der Waals surface area contributed by atoms with Gasteiger partial charge in [0.1, 0.15) is 0 Å². The van der Waals surface area contributed by atoms with Crippen LogP contribution in [0.5, 0.6) is 0 Å². The second kappa shape index (κ2) is 4.61. The van der Waals surface area contributed by atoms with Crippen LogP contribution >= 0.6 is 0 Å². The Labute approximate surface area is 88.7 Å². The molecular formula is C10H16O5. The maximum absolute atomic E-state index is 10.9. The molecule has 1 aliphatic heterocycles. The molecular weight excluding hydrogens is 200 g/mol. The summed E-state index contributed by atoms with van der Waals surface area (Å²) in [6.07, 6.45) is -1.39. The molecule has 0 saturated carbocycles. The number of esters is 2. The lowest BCUT2D eigenvalue weighted by Crippen LogP contribution is -2.33. The summed E-state index contributed by atoms with van der Waals surface area (Å²) in [7, 11) is 0. The molecule has 1 heterocycles. The standard InChI is InChI=1S/C10H16O5/c1-5-6(2)13-10(15-8(4)12)9(5)14-7(3)11/h5-6,9-10H,1-4H3/t5-,6-,9-,10+/m1/s1. The van der Waals surface area contributed by atoms with E-state index in [2.05, 4.69) is 0 Å². The summed E-state index contributed by atoms with van der Waals surface area (Å²) in [6.45, 7) is 6.36. The van der Waals surface area contributed by atoms with E-state index in [0.717, 1.165) is 0 Å². The molecule has 0 spiro atoms. The van der Waals surface area contributed by atoms with Crippen LogP contribution in [0.25, 0.3) is 0 Å². The minimum absolute atomic E-state index is 0.0123. The van der Waals surface area contributed by atoms with E-state index in [1.54, 1.807) is 0 Å². The molecule has 86 valence electrons. The SMILES string of the molecule is CC(=O)O[C@@H]1O[C@H](C)[C@@H](C)[C@H]1OC(C)=O. The molecule has 0 amide bonds. The number of carbonyl (C=O) groups is 2. The fraction of sp³-hybridized carbons (Fsp3) is 0.800. The summed E-state index contributed by atoms with van der Waals surface area (Å²) < 4.78 is 15.4. The molecule has 0 aromatic rings. The summed E-state index contributed by atoms with van der Waals surface area (Å²) >= 11 is 0. The van der Waals surface area contributed by atoms with Gasteiger partial charge in [0, 0.05) is 19.8 Å². The smallest absolute Gasteiger partial charge is 0.305 e. The molecule has 5 nitrogen and oxygen atoms in total. The Morgan fingerprint density at radius 3 is 2.07 bits per heavy atom. The average Bonchev–Trinajstić information content (AvgIpc) is 2.31. The molecule has 1 aliphatic rings. The first-order valence-corrected chi connectivity index (χ1v) is 4.91. The minimum Gasteiger partial charge on any atom is -0.455 e. The number of rotatable bonds is 2. The second-order valence-corrected chi connectivity index (χ2v) is 3.75. The van der Waals surface area contributed by atoms with E-state index in [0.29, 0.717) is 0 Å². The van der Waals surface area contributed by atoms with E-state index >= 15 is 0 Å². The number of carbonyl (C=O) groups excluding carboxylic acids is 2. The zero-order valence-electron chi connectivity index (χ0n) is 9.35. The Morgan fingerprint density at radius 1 is 1.07 bits per heavy atom. The molecule has 1 fully saturated rings. The van der Waals surface area contributed by atoms with Gasteiger partial charge >= 0.3 is 11.9 Å². The first-order chi connectivity index (χ1) is 6.91. The Bertz CT molecular complexity index is 263. The highest BCUT2D eigenvalue weighted by Gasteiger charge is 2.44. The predicted molar refractivity (Wildman–Crippen MR) is 50.8 cm³/mol. The van der Waals surface area contributed by atoms with Crippen molar-refractivity contribution in [3.05, 3.63) is 0 Å². The van der Waals surface area contributed by atoms with Gasteiger partial charge in [-0.15, -0.1) is 0 Å². The van der Waals surface area contributed by atoms with Crippen LogP contribution in [0.15, 0.2) is 0 Å². The van der Waals surface area contributed by atoms with Crippen LogP contribution in [-0.2, 0) is 23.8 Å². The van der Waals surface area contributed by atoms with E-state index < -0.39 is 24.3 Å². The fourth-order valence-electron chi connectivity index (χ4n) is 1.54. The van der Waals surface area contributed by atoms with Gasteiger partial charge in [-0.05, 0) is 6.92 Å². The molecule has 0 aromatic carbocycles. The highest BCUT2D eigenvalue weighted by molar-refractivity contribution is 5.67. The van der Waals surface area contributed by atoms with Gasteiger partial charge in [-0.25, -0.2) is 0 Å². The van der Waals surface area contributed by atoms with E-state index in [1.807, 2.05) is 13.8 Å². The van der Waals surface area contributed by atoms with Gasteiger partial charge in [0.05, 0.1) is 6.10 Å². The van der Waals surface area contributed by atoms with Crippen molar-refractivity contribution in [2.75, 3.05) is 0 Å². The van der Waals surface area contributed by atoms with E-state index in [1.165, 1.54) is 13.8 Å². The Hall–Kier alpha value is -1.10. The van der Waals surface area contributed by atoms with Crippen molar-refractivity contribution in [1.29, 1.82) is 0 Å². The molecule has 1 saturated heterocycles. The molecule has 0 aliphatic carbocycles. The lowest BCUT2D eigenvalue weighted by atomic mass is 10.0. The third-order valence-corrected chi connectivity index (χ3v) is 2.46. The summed E-state index contributed by atoms with van der Waals surface area (Å²) in [5, 5.41) is 0.